The van der Waals surface area contributed by atoms with Crippen molar-refractivity contribution in [1.82, 2.24) is 0 Å². The Bertz CT molecular complexity index is 894. The maximum absolute atomic E-state index is 12.6. The molecule has 3 aromatic carbocycles. The Balaban J connectivity index is 1.67. The Hall–Kier alpha value is -3.20. The molecule has 0 heterocycles. The first-order valence-electron chi connectivity index (χ1n) is 7.74. The Labute approximate surface area is 139 Å². The number of Topliss-reactive ketones (excluding diaryl/α,β-unsaturated/α-hetero) is 2. The second-order valence-corrected chi connectivity index (χ2v) is 5.69. The molecule has 0 amide bonds. The summed E-state index contributed by atoms with van der Waals surface area (Å²) < 4.78 is 5.80. The highest BCUT2D eigenvalue weighted by molar-refractivity contribution is 6.29. The molecule has 116 valence electrons. The molecule has 0 aliphatic heterocycles. The maximum Gasteiger partial charge on any atom is 0.178 e. The summed E-state index contributed by atoms with van der Waals surface area (Å²) in [6.45, 7) is 0. The molecule has 1 aliphatic carbocycles. The van der Waals surface area contributed by atoms with Crippen LogP contribution in [-0.4, -0.2) is 11.6 Å². The lowest BCUT2D eigenvalue weighted by atomic mass is 9.94. The van der Waals surface area contributed by atoms with Crippen LogP contribution in [0.5, 0.6) is 11.5 Å². The Morgan fingerprint density at radius 3 is 1.88 bits per heavy atom. The summed E-state index contributed by atoms with van der Waals surface area (Å²) in [7, 11) is 0. The SMILES string of the molecule is O=C1c2ccccc2C(=O)C1c1cccc(Oc2ccccc2)c1. The van der Waals surface area contributed by atoms with E-state index in [4.69, 9.17) is 4.74 Å². The average Bonchev–Trinajstić information content (AvgIpc) is 2.87. The van der Waals surface area contributed by atoms with Crippen molar-refractivity contribution in [1.29, 1.82) is 0 Å². The topological polar surface area (TPSA) is 43.4 Å². The van der Waals surface area contributed by atoms with E-state index in [1.807, 2.05) is 36.4 Å². The molecule has 24 heavy (non-hydrogen) atoms. The quantitative estimate of drug-likeness (QED) is 0.661. The van der Waals surface area contributed by atoms with Crippen LogP contribution in [0.4, 0.5) is 0 Å². The summed E-state index contributed by atoms with van der Waals surface area (Å²) in [6, 6.07) is 23.6. The summed E-state index contributed by atoms with van der Waals surface area (Å²) >= 11 is 0. The van der Waals surface area contributed by atoms with Gasteiger partial charge in [0.2, 0.25) is 0 Å². The van der Waals surface area contributed by atoms with Gasteiger partial charge in [-0.25, -0.2) is 0 Å². The van der Waals surface area contributed by atoms with Crippen LogP contribution in [0.1, 0.15) is 32.2 Å². The van der Waals surface area contributed by atoms with Crippen molar-refractivity contribution >= 4 is 11.6 Å². The monoisotopic (exact) mass is 314 g/mol. The predicted octanol–water partition coefficient (Wildman–Crippen LogP) is 4.64. The predicted molar refractivity (Wildman–Crippen MR) is 90.8 cm³/mol. The van der Waals surface area contributed by atoms with E-state index in [0.717, 1.165) is 0 Å². The van der Waals surface area contributed by atoms with E-state index in [1.165, 1.54) is 0 Å². The molecular weight excluding hydrogens is 300 g/mol. The molecule has 3 nitrogen and oxygen atoms in total. The van der Waals surface area contributed by atoms with Crippen molar-refractivity contribution in [2.24, 2.45) is 0 Å². The standard InChI is InChI=1S/C21H14O3/c22-20-17-11-4-5-12-18(17)21(23)19(20)14-7-6-10-16(13-14)24-15-8-2-1-3-9-15/h1-13,19H. The molecule has 0 spiro atoms. The fraction of sp³-hybridized carbons (Fsp3) is 0.0476. The molecule has 3 heteroatoms. The van der Waals surface area contributed by atoms with Crippen LogP contribution < -0.4 is 4.74 Å². The van der Waals surface area contributed by atoms with E-state index >= 15 is 0 Å². The number of rotatable bonds is 3. The van der Waals surface area contributed by atoms with Crippen molar-refractivity contribution in [2.45, 2.75) is 5.92 Å². The number of hydrogen-bond acceptors (Lipinski definition) is 3. The van der Waals surface area contributed by atoms with Gasteiger partial charge in [-0.2, -0.15) is 0 Å². The number of para-hydroxylation sites is 1. The van der Waals surface area contributed by atoms with Crippen LogP contribution in [0.15, 0.2) is 78.9 Å². The molecule has 1 aliphatic rings. The van der Waals surface area contributed by atoms with Crippen molar-refractivity contribution < 1.29 is 14.3 Å². The first-order valence-corrected chi connectivity index (χ1v) is 7.74. The lowest BCUT2D eigenvalue weighted by Gasteiger charge is -2.10. The number of hydrogen-bond donors (Lipinski definition) is 0. The molecule has 0 unspecified atom stereocenters. The summed E-state index contributed by atoms with van der Waals surface area (Å²) in [6.07, 6.45) is 0. The zero-order valence-corrected chi connectivity index (χ0v) is 12.8. The Morgan fingerprint density at radius 2 is 1.21 bits per heavy atom. The molecule has 0 radical (unpaired) electrons. The maximum atomic E-state index is 12.6. The van der Waals surface area contributed by atoms with Gasteiger partial charge in [0.1, 0.15) is 17.4 Å². The Morgan fingerprint density at radius 1 is 0.625 bits per heavy atom. The van der Waals surface area contributed by atoms with Crippen molar-refractivity contribution in [3.63, 3.8) is 0 Å². The second-order valence-electron chi connectivity index (χ2n) is 5.69. The highest BCUT2D eigenvalue weighted by atomic mass is 16.5. The van der Waals surface area contributed by atoms with E-state index in [0.29, 0.717) is 28.2 Å². The largest absolute Gasteiger partial charge is 0.457 e. The smallest absolute Gasteiger partial charge is 0.178 e. The molecule has 0 fully saturated rings. The van der Waals surface area contributed by atoms with Crippen molar-refractivity contribution in [3.05, 3.63) is 95.6 Å². The minimum Gasteiger partial charge on any atom is -0.457 e. The molecule has 0 saturated heterocycles. The molecule has 0 bridgehead atoms. The third kappa shape index (κ3) is 2.40. The second kappa shape index (κ2) is 5.78. The normalized spacial score (nSPS) is 13.8. The van der Waals surface area contributed by atoms with Crippen LogP contribution in [0, 0.1) is 0 Å². The number of fused-ring (bicyclic) bond motifs is 1. The zero-order chi connectivity index (χ0) is 16.5. The van der Waals surface area contributed by atoms with Crippen LogP contribution in [0.25, 0.3) is 0 Å². The number of carbonyl (C=O) groups excluding carboxylic acids is 2. The van der Waals surface area contributed by atoms with Gasteiger partial charge in [0, 0.05) is 11.1 Å². The highest BCUT2D eigenvalue weighted by Crippen LogP contribution is 2.35. The fourth-order valence-corrected chi connectivity index (χ4v) is 3.03. The lowest BCUT2D eigenvalue weighted by Crippen LogP contribution is -2.12. The highest BCUT2D eigenvalue weighted by Gasteiger charge is 2.39. The van der Waals surface area contributed by atoms with E-state index in [2.05, 4.69) is 0 Å². The van der Waals surface area contributed by atoms with Gasteiger partial charge in [0.15, 0.2) is 11.6 Å². The molecule has 0 atom stereocenters. The van der Waals surface area contributed by atoms with Gasteiger partial charge in [0.25, 0.3) is 0 Å². The van der Waals surface area contributed by atoms with Gasteiger partial charge in [-0.3, -0.25) is 9.59 Å². The van der Waals surface area contributed by atoms with E-state index in [9.17, 15) is 9.59 Å². The molecule has 0 aromatic heterocycles. The summed E-state index contributed by atoms with van der Waals surface area (Å²) in [4.78, 5) is 25.2. The first-order chi connectivity index (χ1) is 11.7. The summed E-state index contributed by atoms with van der Waals surface area (Å²) in [5.74, 6) is 0.249. The third-order valence-electron chi connectivity index (χ3n) is 4.15. The molecule has 0 saturated carbocycles. The molecular formula is C21H14O3. The molecule has 4 rings (SSSR count). The van der Waals surface area contributed by atoms with Crippen LogP contribution in [0.3, 0.4) is 0 Å². The van der Waals surface area contributed by atoms with Gasteiger partial charge in [0.05, 0.1) is 0 Å². The summed E-state index contributed by atoms with van der Waals surface area (Å²) in [5, 5.41) is 0. The van der Waals surface area contributed by atoms with E-state index < -0.39 is 5.92 Å². The number of carbonyl (C=O) groups is 2. The average molecular weight is 314 g/mol. The number of ketones is 2. The van der Waals surface area contributed by atoms with Crippen molar-refractivity contribution in [3.8, 4) is 11.5 Å². The zero-order valence-electron chi connectivity index (χ0n) is 12.8. The van der Waals surface area contributed by atoms with E-state index in [1.54, 1.807) is 42.5 Å². The lowest BCUT2D eigenvalue weighted by molar-refractivity contribution is 0.0890. The minimum absolute atomic E-state index is 0.146. The molecule has 3 aromatic rings. The first kappa shape index (κ1) is 14.4. The van der Waals surface area contributed by atoms with Gasteiger partial charge in [-0.05, 0) is 29.8 Å². The minimum atomic E-state index is -0.776. The molecule has 0 N–H and O–H groups in total. The van der Waals surface area contributed by atoms with Gasteiger partial charge >= 0.3 is 0 Å². The Kier molecular flexibility index (Phi) is 3.47. The van der Waals surface area contributed by atoms with Crippen LogP contribution >= 0.6 is 0 Å². The van der Waals surface area contributed by atoms with Gasteiger partial charge < -0.3 is 4.74 Å². The van der Waals surface area contributed by atoms with Crippen LogP contribution in [0.2, 0.25) is 0 Å². The number of benzene rings is 3. The van der Waals surface area contributed by atoms with Gasteiger partial charge in [-0.1, -0.05) is 54.6 Å². The fourth-order valence-electron chi connectivity index (χ4n) is 3.03. The van der Waals surface area contributed by atoms with Crippen molar-refractivity contribution in [2.75, 3.05) is 0 Å². The van der Waals surface area contributed by atoms with Gasteiger partial charge in [-0.15, -0.1) is 0 Å². The third-order valence-corrected chi connectivity index (χ3v) is 4.15. The number of ether oxygens (including phenoxy) is 1. The van der Waals surface area contributed by atoms with Crippen LogP contribution in [-0.2, 0) is 0 Å². The summed E-state index contributed by atoms with van der Waals surface area (Å²) in [5.41, 5.74) is 1.67. The van der Waals surface area contributed by atoms with E-state index in [-0.39, 0.29) is 11.6 Å².